The largest absolute Gasteiger partial charge is 0.454 e. The highest BCUT2D eigenvalue weighted by molar-refractivity contribution is 7.11. The summed E-state index contributed by atoms with van der Waals surface area (Å²) in [5, 5.41) is 3.99. The third-order valence-corrected chi connectivity index (χ3v) is 4.88. The second kappa shape index (κ2) is 5.96. The number of thiazole rings is 1. The lowest BCUT2D eigenvalue weighted by Crippen LogP contribution is -2.28. The number of amides is 1. The Morgan fingerprint density at radius 1 is 1.36 bits per heavy atom. The van der Waals surface area contributed by atoms with Gasteiger partial charge in [-0.3, -0.25) is 4.79 Å². The van der Waals surface area contributed by atoms with Crippen LogP contribution in [0.5, 0.6) is 11.5 Å². The summed E-state index contributed by atoms with van der Waals surface area (Å²) in [5.74, 6) is 1.16. The third-order valence-electron chi connectivity index (χ3n) is 3.69. The molecule has 0 saturated carbocycles. The van der Waals surface area contributed by atoms with Crippen molar-refractivity contribution in [2.45, 2.75) is 33.2 Å². The van der Waals surface area contributed by atoms with E-state index >= 15 is 0 Å². The van der Waals surface area contributed by atoms with Crippen LogP contribution in [0.3, 0.4) is 0 Å². The minimum Gasteiger partial charge on any atom is -0.454 e. The van der Waals surface area contributed by atoms with Crippen molar-refractivity contribution in [3.8, 4) is 11.5 Å². The van der Waals surface area contributed by atoms with Gasteiger partial charge in [0.05, 0.1) is 11.7 Å². The maximum atomic E-state index is 12.4. The average molecular weight is 318 g/mol. The quantitative estimate of drug-likeness (QED) is 0.939. The summed E-state index contributed by atoms with van der Waals surface area (Å²) in [6.07, 6.45) is 0.794. The molecule has 3 rings (SSSR count). The first kappa shape index (κ1) is 14.8. The van der Waals surface area contributed by atoms with Crippen molar-refractivity contribution in [1.82, 2.24) is 10.3 Å². The van der Waals surface area contributed by atoms with Crippen molar-refractivity contribution in [1.29, 1.82) is 0 Å². The summed E-state index contributed by atoms with van der Waals surface area (Å²) in [6.45, 7) is 6.27. The Kier molecular flexibility index (Phi) is 4.02. The standard InChI is InChI=1S/C16H18N2O3S/c1-4-12(16-17-9(2)10(3)22-16)18-15(19)11-5-6-13-14(7-11)21-8-20-13/h5-7,12H,4,8H2,1-3H3,(H,18,19)/t12-/m1/s1. The van der Waals surface area contributed by atoms with Crippen LogP contribution in [0, 0.1) is 13.8 Å². The van der Waals surface area contributed by atoms with Crippen LogP contribution in [0.2, 0.25) is 0 Å². The Labute approximate surface area is 133 Å². The van der Waals surface area contributed by atoms with Crippen molar-refractivity contribution in [2.24, 2.45) is 0 Å². The lowest BCUT2D eigenvalue weighted by Gasteiger charge is -2.14. The molecule has 0 unspecified atom stereocenters. The molecule has 5 nitrogen and oxygen atoms in total. The fourth-order valence-electron chi connectivity index (χ4n) is 2.26. The van der Waals surface area contributed by atoms with Gasteiger partial charge in [0.1, 0.15) is 5.01 Å². The zero-order chi connectivity index (χ0) is 15.7. The molecule has 0 saturated heterocycles. The number of rotatable bonds is 4. The first-order chi connectivity index (χ1) is 10.6. The molecular formula is C16H18N2O3S. The van der Waals surface area contributed by atoms with E-state index in [1.54, 1.807) is 29.5 Å². The number of nitrogens with zero attached hydrogens (tertiary/aromatic N) is 1. The van der Waals surface area contributed by atoms with Crippen LogP contribution in [0.4, 0.5) is 0 Å². The average Bonchev–Trinajstić information content (AvgIpc) is 3.10. The monoisotopic (exact) mass is 318 g/mol. The Morgan fingerprint density at radius 2 is 2.14 bits per heavy atom. The Balaban J connectivity index is 1.77. The van der Waals surface area contributed by atoms with Gasteiger partial charge in [-0.15, -0.1) is 11.3 Å². The number of fused-ring (bicyclic) bond motifs is 1. The summed E-state index contributed by atoms with van der Waals surface area (Å²) in [6, 6.07) is 5.14. The van der Waals surface area contributed by atoms with E-state index < -0.39 is 0 Å². The van der Waals surface area contributed by atoms with Crippen LogP contribution in [0.15, 0.2) is 18.2 Å². The summed E-state index contributed by atoms with van der Waals surface area (Å²) in [4.78, 5) is 18.2. The molecule has 1 aromatic carbocycles. The van der Waals surface area contributed by atoms with Crippen LogP contribution in [-0.2, 0) is 0 Å². The maximum Gasteiger partial charge on any atom is 0.251 e. The molecule has 1 aliphatic rings. The van der Waals surface area contributed by atoms with Gasteiger partial charge in [-0.1, -0.05) is 6.92 Å². The Bertz CT molecular complexity index is 692. The number of hydrogen-bond donors (Lipinski definition) is 1. The Morgan fingerprint density at radius 3 is 2.82 bits per heavy atom. The number of carbonyl (C=O) groups is 1. The van der Waals surface area contributed by atoms with E-state index in [1.807, 2.05) is 20.8 Å². The predicted molar refractivity (Wildman–Crippen MR) is 84.7 cm³/mol. The Hall–Kier alpha value is -2.08. The highest BCUT2D eigenvalue weighted by atomic mass is 32.1. The van der Waals surface area contributed by atoms with E-state index in [0.29, 0.717) is 17.1 Å². The van der Waals surface area contributed by atoms with E-state index in [4.69, 9.17) is 9.47 Å². The van der Waals surface area contributed by atoms with Gasteiger partial charge in [-0.2, -0.15) is 0 Å². The second-order valence-electron chi connectivity index (χ2n) is 5.20. The highest BCUT2D eigenvalue weighted by Crippen LogP contribution is 2.33. The molecule has 1 N–H and O–H groups in total. The minimum atomic E-state index is -0.129. The third kappa shape index (κ3) is 2.78. The van der Waals surface area contributed by atoms with E-state index in [-0.39, 0.29) is 18.7 Å². The molecule has 22 heavy (non-hydrogen) atoms. The summed E-state index contributed by atoms with van der Waals surface area (Å²) in [7, 11) is 0. The molecule has 0 radical (unpaired) electrons. The minimum absolute atomic E-state index is 0.0738. The number of aromatic nitrogens is 1. The van der Waals surface area contributed by atoms with Crippen molar-refractivity contribution in [3.05, 3.63) is 39.3 Å². The number of nitrogens with one attached hydrogen (secondary N) is 1. The van der Waals surface area contributed by atoms with Gasteiger partial charge in [0, 0.05) is 10.4 Å². The molecule has 0 bridgehead atoms. The zero-order valence-corrected chi connectivity index (χ0v) is 13.6. The molecule has 2 aromatic rings. The van der Waals surface area contributed by atoms with Gasteiger partial charge < -0.3 is 14.8 Å². The summed E-state index contributed by atoms with van der Waals surface area (Å²) >= 11 is 1.63. The van der Waals surface area contributed by atoms with E-state index in [1.165, 1.54) is 4.88 Å². The fraction of sp³-hybridized carbons (Fsp3) is 0.375. The number of carbonyl (C=O) groups excluding carboxylic acids is 1. The lowest BCUT2D eigenvalue weighted by atomic mass is 10.1. The SMILES string of the molecule is CC[C@@H](NC(=O)c1ccc2c(c1)OCO2)c1nc(C)c(C)s1. The van der Waals surface area contributed by atoms with Crippen molar-refractivity contribution >= 4 is 17.2 Å². The van der Waals surface area contributed by atoms with E-state index in [0.717, 1.165) is 17.1 Å². The smallest absolute Gasteiger partial charge is 0.251 e. The molecule has 1 aliphatic heterocycles. The van der Waals surface area contributed by atoms with Crippen LogP contribution >= 0.6 is 11.3 Å². The molecule has 0 aliphatic carbocycles. The topological polar surface area (TPSA) is 60.5 Å². The molecule has 6 heteroatoms. The molecule has 0 fully saturated rings. The first-order valence-corrected chi connectivity index (χ1v) is 8.04. The molecular weight excluding hydrogens is 300 g/mol. The predicted octanol–water partition coefficient (Wildman–Crippen LogP) is 3.37. The molecule has 1 atom stereocenters. The van der Waals surface area contributed by atoms with Crippen LogP contribution < -0.4 is 14.8 Å². The lowest BCUT2D eigenvalue weighted by molar-refractivity contribution is 0.0935. The maximum absolute atomic E-state index is 12.4. The van der Waals surface area contributed by atoms with Gasteiger partial charge in [0.15, 0.2) is 11.5 Å². The zero-order valence-electron chi connectivity index (χ0n) is 12.8. The summed E-state index contributed by atoms with van der Waals surface area (Å²) < 4.78 is 10.6. The van der Waals surface area contributed by atoms with E-state index in [2.05, 4.69) is 10.3 Å². The molecule has 1 amide bonds. The van der Waals surface area contributed by atoms with Crippen molar-refractivity contribution < 1.29 is 14.3 Å². The number of benzene rings is 1. The van der Waals surface area contributed by atoms with Crippen molar-refractivity contribution in [2.75, 3.05) is 6.79 Å². The van der Waals surface area contributed by atoms with Crippen molar-refractivity contribution in [3.63, 3.8) is 0 Å². The van der Waals surface area contributed by atoms with Gasteiger partial charge in [-0.25, -0.2) is 4.98 Å². The molecule has 116 valence electrons. The van der Waals surface area contributed by atoms with Gasteiger partial charge in [-0.05, 0) is 38.5 Å². The fourth-order valence-corrected chi connectivity index (χ4v) is 3.32. The highest BCUT2D eigenvalue weighted by Gasteiger charge is 2.20. The molecule has 1 aromatic heterocycles. The normalized spacial score (nSPS) is 14.0. The molecule has 0 spiro atoms. The summed E-state index contributed by atoms with van der Waals surface area (Å²) in [5.41, 5.74) is 1.59. The van der Waals surface area contributed by atoms with E-state index in [9.17, 15) is 4.79 Å². The van der Waals surface area contributed by atoms with Crippen LogP contribution in [0.25, 0.3) is 0 Å². The number of aryl methyl sites for hydroxylation is 2. The van der Waals surface area contributed by atoms with Gasteiger partial charge >= 0.3 is 0 Å². The molecule has 2 heterocycles. The second-order valence-corrected chi connectivity index (χ2v) is 6.43. The van der Waals surface area contributed by atoms with Crippen LogP contribution in [0.1, 0.15) is 45.3 Å². The van der Waals surface area contributed by atoms with Crippen LogP contribution in [-0.4, -0.2) is 17.7 Å². The number of hydrogen-bond acceptors (Lipinski definition) is 5. The van der Waals surface area contributed by atoms with Gasteiger partial charge in [0.2, 0.25) is 6.79 Å². The first-order valence-electron chi connectivity index (χ1n) is 7.23. The van der Waals surface area contributed by atoms with Gasteiger partial charge in [0.25, 0.3) is 5.91 Å². The number of ether oxygens (including phenoxy) is 2.